The zero-order valence-electron chi connectivity index (χ0n) is 15.0. The minimum absolute atomic E-state index is 0. The minimum Gasteiger partial charge on any atom is -0.338 e. The van der Waals surface area contributed by atoms with Crippen molar-refractivity contribution in [2.24, 2.45) is 11.7 Å². The molecule has 1 aromatic rings. The number of likely N-dealkylation sites (tertiary alicyclic amines) is 1. The molecule has 2 unspecified atom stereocenters. The second kappa shape index (κ2) is 8.81. The number of benzene rings is 1. The maximum Gasteiger partial charge on any atom is 0.223 e. The van der Waals surface area contributed by atoms with Gasteiger partial charge in [-0.05, 0) is 55.2 Å². The van der Waals surface area contributed by atoms with Crippen LogP contribution >= 0.6 is 12.4 Å². The summed E-state index contributed by atoms with van der Waals surface area (Å²) >= 11 is 0. The largest absolute Gasteiger partial charge is 0.338 e. The van der Waals surface area contributed by atoms with Crippen LogP contribution in [0.4, 0.5) is 0 Å². The van der Waals surface area contributed by atoms with Gasteiger partial charge < -0.3 is 10.6 Å². The number of hydrogen-bond donors (Lipinski definition) is 1. The van der Waals surface area contributed by atoms with Gasteiger partial charge in [0.1, 0.15) is 0 Å². The van der Waals surface area contributed by atoms with Gasteiger partial charge in [0.25, 0.3) is 0 Å². The summed E-state index contributed by atoms with van der Waals surface area (Å²) in [6, 6.07) is 6.16. The lowest BCUT2D eigenvalue weighted by Gasteiger charge is -2.38. The van der Waals surface area contributed by atoms with Crippen LogP contribution in [-0.2, 0) is 17.6 Å². The third kappa shape index (κ3) is 4.62. The number of Topliss-reactive ketones (excluding diaryl/α,β-unsaturated/α-hetero) is 1. The highest BCUT2D eigenvalue weighted by Crippen LogP contribution is 2.25. The van der Waals surface area contributed by atoms with Crippen molar-refractivity contribution in [2.75, 3.05) is 13.1 Å². The molecule has 3 rings (SSSR count). The number of ketones is 1. The normalized spacial score (nSPS) is 22.2. The Hall–Kier alpha value is -1.39. The standard InChI is InChI=1S/C20H28N2O2.ClH/c1-14-9-10-22(18(11-14)13-21)20(24)8-7-19(23)17-6-5-15-3-2-4-16(15)12-17;/h5-6,12,14,18H,2-4,7-11,13,21H2,1H3;1H. The van der Waals surface area contributed by atoms with Crippen LogP contribution in [0.15, 0.2) is 18.2 Å². The second-order valence-corrected chi connectivity index (χ2v) is 7.37. The molecule has 0 spiro atoms. The monoisotopic (exact) mass is 364 g/mol. The van der Waals surface area contributed by atoms with Crippen LogP contribution < -0.4 is 5.73 Å². The highest BCUT2D eigenvalue weighted by Gasteiger charge is 2.28. The third-order valence-electron chi connectivity index (χ3n) is 5.56. The number of fused-ring (bicyclic) bond motifs is 1. The first kappa shape index (κ1) is 19.9. The first-order valence-corrected chi connectivity index (χ1v) is 9.23. The average Bonchev–Trinajstić information content (AvgIpc) is 3.06. The zero-order valence-corrected chi connectivity index (χ0v) is 15.8. The van der Waals surface area contributed by atoms with Crippen molar-refractivity contribution < 1.29 is 9.59 Å². The van der Waals surface area contributed by atoms with Crippen molar-refractivity contribution in [2.45, 2.75) is 57.9 Å². The highest BCUT2D eigenvalue weighted by molar-refractivity contribution is 5.98. The lowest BCUT2D eigenvalue weighted by Crippen LogP contribution is -2.49. The summed E-state index contributed by atoms with van der Waals surface area (Å²) in [6.07, 6.45) is 5.96. The minimum atomic E-state index is 0. The first-order chi connectivity index (χ1) is 11.6. The molecule has 0 bridgehead atoms. The summed E-state index contributed by atoms with van der Waals surface area (Å²) in [7, 11) is 0. The van der Waals surface area contributed by atoms with Crippen molar-refractivity contribution in [1.82, 2.24) is 4.90 Å². The van der Waals surface area contributed by atoms with Crippen LogP contribution in [0.25, 0.3) is 0 Å². The van der Waals surface area contributed by atoms with Gasteiger partial charge in [-0.2, -0.15) is 0 Å². The van der Waals surface area contributed by atoms with Gasteiger partial charge in [0.15, 0.2) is 5.78 Å². The smallest absolute Gasteiger partial charge is 0.223 e. The average molecular weight is 365 g/mol. The SMILES string of the molecule is CC1CCN(C(=O)CCC(=O)c2ccc3c(c2)CCC3)C(CN)C1.Cl. The van der Waals surface area contributed by atoms with E-state index in [0.29, 0.717) is 25.3 Å². The molecule has 1 amide bonds. The Bertz CT molecular complexity index is 632. The summed E-state index contributed by atoms with van der Waals surface area (Å²) in [5.74, 6) is 0.773. The van der Waals surface area contributed by atoms with E-state index in [1.807, 2.05) is 17.0 Å². The van der Waals surface area contributed by atoms with E-state index in [2.05, 4.69) is 13.0 Å². The quantitative estimate of drug-likeness (QED) is 0.816. The van der Waals surface area contributed by atoms with Gasteiger partial charge >= 0.3 is 0 Å². The number of nitrogens with two attached hydrogens (primary N) is 1. The first-order valence-electron chi connectivity index (χ1n) is 9.23. The number of halogens is 1. The lowest BCUT2D eigenvalue weighted by molar-refractivity contribution is -0.135. The number of rotatable bonds is 5. The van der Waals surface area contributed by atoms with E-state index in [1.54, 1.807) is 0 Å². The number of piperidine rings is 1. The molecule has 1 fully saturated rings. The summed E-state index contributed by atoms with van der Waals surface area (Å²) in [5.41, 5.74) is 9.26. The van der Waals surface area contributed by atoms with E-state index in [0.717, 1.165) is 37.8 Å². The molecule has 1 aliphatic heterocycles. The Morgan fingerprint density at radius 1 is 1.20 bits per heavy atom. The molecule has 5 heteroatoms. The summed E-state index contributed by atoms with van der Waals surface area (Å²) in [5, 5.41) is 0. The van der Waals surface area contributed by atoms with Crippen molar-refractivity contribution in [3.63, 3.8) is 0 Å². The topological polar surface area (TPSA) is 63.4 Å². The molecule has 0 saturated carbocycles. The molecule has 1 aliphatic carbocycles. The Kier molecular flexibility index (Phi) is 7.03. The van der Waals surface area contributed by atoms with Crippen molar-refractivity contribution >= 4 is 24.1 Å². The molecule has 2 aliphatic rings. The van der Waals surface area contributed by atoms with Crippen molar-refractivity contribution in [3.05, 3.63) is 34.9 Å². The Balaban J connectivity index is 0.00000225. The molecule has 2 atom stereocenters. The molecule has 1 aromatic carbocycles. The summed E-state index contributed by atoms with van der Waals surface area (Å²) < 4.78 is 0. The predicted octanol–water partition coefficient (Wildman–Crippen LogP) is 3.15. The zero-order chi connectivity index (χ0) is 17.1. The number of aryl methyl sites for hydroxylation is 2. The maximum atomic E-state index is 12.5. The predicted molar refractivity (Wildman–Crippen MR) is 102 cm³/mol. The third-order valence-corrected chi connectivity index (χ3v) is 5.56. The molecule has 25 heavy (non-hydrogen) atoms. The van der Waals surface area contributed by atoms with Crippen molar-refractivity contribution in [3.8, 4) is 0 Å². The Morgan fingerprint density at radius 2 is 1.96 bits per heavy atom. The fourth-order valence-electron chi connectivity index (χ4n) is 4.06. The van der Waals surface area contributed by atoms with Crippen molar-refractivity contribution in [1.29, 1.82) is 0 Å². The molecular weight excluding hydrogens is 336 g/mol. The molecule has 1 saturated heterocycles. The number of carbonyl (C=O) groups is 2. The van der Waals surface area contributed by atoms with E-state index in [9.17, 15) is 9.59 Å². The number of nitrogens with zero attached hydrogens (tertiary/aromatic N) is 1. The van der Waals surface area contributed by atoms with Crippen LogP contribution in [0.3, 0.4) is 0 Å². The van der Waals surface area contributed by atoms with Crippen LogP contribution in [0, 0.1) is 5.92 Å². The van der Waals surface area contributed by atoms with Crippen LogP contribution in [0.5, 0.6) is 0 Å². The molecule has 2 N–H and O–H groups in total. The molecule has 1 heterocycles. The van der Waals surface area contributed by atoms with E-state index in [1.165, 1.54) is 17.5 Å². The number of amides is 1. The van der Waals surface area contributed by atoms with Gasteiger partial charge in [0.05, 0.1) is 0 Å². The summed E-state index contributed by atoms with van der Waals surface area (Å²) in [4.78, 5) is 26.9. The van der Waals surface area contributed by atoms with Crippen LogP contribution in [0.1, 0.15) is 60.5 Å². The van der Waals surface area contributed by atoms with E-state index < -0.39 is 0 Å². The van der Waals surface area contributed by atoms with Crippen LogP contribution in [-0.4, -0.2) is 35.7 Å². The van der Waals surface area contributed by atoms with E-state index in [4.69, 9.17) is 5.73 Å². The highest BCUT2D eigenvalue weighted by atomic mass is 35.5. The molecule has 4 nitrogen and oxygen atoms in total. The summed E-state index contributed by atoms with van der Waals surface area (Å²) in [6.45, 7) is 3.49. The maximum absolute atomic E-state index is 12.5. The van der Waals surface area contributed by atoms with E-state index >= 15 is 0 Å². The number of carbonyl (C=O) groups excluding carboxylic acids is 2. The molecule has 0 aromatic heterocycles. The second-order valence-electron chi connectivity index (χ2n) is 7.37. The Morgan fingerprint density at radius 3 is 2.72 bits per heavy atom. The van der Waals surface area contributed by atoms with E-state index in [-0.39, 0.29) is 30.1 Å². The van der Waals surface area contributed by atoms with Gasteiger partial charge in [0.2, 0.25) is 5.91 Å². The van der Waals surface area contributed by atoms with Gasteiger partial charge in [-0.1, -0.05) is 19.1 Å². The number of hydrogen-bond acceptors (Lipinski definition) is 3. The molecule has 138 valence electrons. The fourth-order valence-corrected chi connectivity index (χ4v) is 4.06. The van der Waals surface area contributed by atoms with Crippen LogP contribution in [0.2, 0.25) is 0 Å². The van der Waals surface area contributed by atoms with Gasteiger partial charge in [-0.25, -0.2) is 0 Å². The molecular formula is C20H29ClN2O2. The Labute approximate surface area is 156 Å². The fraction of sp³-hybridized carbons (Fsp3) is 0.600. The van der Waals surface area contributed by atoms with Gasteiger partial charge in [-0.3, -0.25) is 9.59 Å². The van der Waals surface area contributed by atoms with Gasteiger partial charge in [0, 0.05) is 37.5 Å². The molecule has 0 radical (unpaired) electrons. The van der Waals surface area contributed by atoms with Gasteiger partial charge in [-0.15, -0.1) is 12.4 Å². The lowest BCUT2D eigenvalue weighted by atomic mass is 9.92.